The van der Waals surface area contributed by atoms with Crippen LogP contribution < -0.4 is 14.4 Å². The van der Waals surface area contributed by atoms with Gasteiger partial charge in [-0.25, -0.2) is 8.42 Å². The van der Waals surface area contributed by atoms with Gasteiger partial charge in [0, 0.05) is 20.1 Å². The highest BCUT2D eigenvalue weighted by Gasteiger charge is 2.15. The largest absolute Gasteiger partial charge is 0.484 e. The molecule has 0 aliphatic carbocycles. The smallest absolute Gasteiger partial charge is 0.257 e. The zero-order valence-electron chi connectivity index (χ0n) is 16.5. The summed E-state index contributed by atoms with van der Waals surface area (Å²) >= 11 is 0. The van der Waals surface area contributed by atoms with Gasteiger partial charge in [0.05, 0.1) is 11.9 Å². The average Bonchev–Trinajstić information content (AvgIpc) is 2.63. The Kier molecular flexibility index (Phi) is 7.91. The Hall–Kier alpha value is -1.80. The minimum atomic E-state index is -3.29. The van der Waals surface area contributed by atoms with Crippen LogP contribution in [0.3, 0.4) is 0 Å². The van der Waals surface area contributed by atoms with Gasteiger partial charge in [0.1, 0.15) is 5.75 Å². The first-order valence-corrected chi connectivity index (χ1v) is 11.3. The van der Waals surface area contributed by atoms with Crippen molar-refractivity contribution in [2.24, 2.45) is 5.92 Å². The number of rotatable bonds is 9. The zero-order valence-corrected chi connectivity index (χ0v) is 17.3. The van der Waals surface area contributed by atoms with E-state index >= 15 is 0 Å². The number of ether oxygens (including phenoxy) is 1. The van der Waals surface area contributed by atoms with Gasteiger partial charge in [-0.15, -0.1) is 0 Å². The molecule has 1 amide bonds. The summed E-state index contributed by atoms with van der Waals surface area (Å²) in [5.74, 6) is 1.14. The standard InChI is InChI=1S/C19H31N3O4S/c1-16-6-4-12-22(14-16)13-5-11-20-19(23)15-26-18-9-7-17(8-10-18)21(2)27(3,24)25/h7-10,16H,4-6,11-15H2,1-3H3,(H,20,23). The molecule has 7 nitrogen and oxygen atoms in total. The summed E-state index contributed by atoms with van der Waals surface area (Å²) < 4.78 is 29.7. The first-order chi connectivity index (χ1) is 12.8. The quantitative estimate of drug-likeness (QED) is 0.642. The van der Waals surface area contributed by atoms with Crippen LogP contribution in [0.4, 0.5) is 5.69 Å². The fourth-order valence-corrected chi connectivity index (χ4v) is 3.67. The number of sulfonamides is 1. The van der Waals surface area contributed by atoms with E-state index in [0.29, 0.717) is 18.0 Å². The Labute approximate surface area is 162 Å². The third-order valence-corrected chi connectivity index (χ3v) is 5.99. The van der Waals surface area contributed by atoms with Gasteiger partial charge in [-0.3, -0.25) is 9.10 Å². The van der Waals surface area contributed by atoms with E-state index < -0.39 is 10.0 Å². The van der Waals surface area contributed by atoms with Crippen LogP contribution in [-0.2, 0) is 14.8 Å². The van der Waals surface area contributed by atoms with Crippen molar-refractivity contribution in [1.82, 2.24) is 10.2 Å². The van der Waals surface area contributed by atoms with Crippen LogP contribution in [0, 0.1) is 5.92 Å². The molecule has 0 saturated carbocycles. The first-order valence-electron chi connectivity index (χ1n) is 9.41. The van der Waals surface area contributed by atoms with E-state index in [-0.39, 0.29) is 12.5 Å². The molecule has 0 bridgehead atoms. The van der Waals surface area contributed by atoms with Gasteiger partial charge >= 0.3 is 0 Å². The molecule has 0 spiro atoms. The zero-order chi connectivity index (χ0) is 19.9. The van der Waals surface area contributed by atoms with E-state index in [0.717, 1.165) is 38.2 Å². The number of carbonyl (C=O) groups is 1. The maximum absolute atomic E-state index is 11.9. The van der Waals surface area contributed by atoms with E-state index in [1.807, 2.05) is 0 Å². The van der Waals surface area contributed by atoms with Gasteiger partial charge < -0.3 is 15.0 Å². The fraction of sp³-hybridized carbons (Fsp3) is 0.632. The van der Waals surface area contributed by atoms with Crippen LogP contribution in [0.25, 0.3) is 0 Å². The molecule has 1 N–H and O–H groups in total. The number of benzene rings is 1. The molecule has 1 atom stereocenters. The number of anilines is 1. The summed E-state index contributed by atoms with van der Waals surface area (Å²) in [4.78, 5) is 14.4. The van der Waals surface area contributed by atoms with Crippen molar-refractivity contribution in [2.75, 3.05) is 50.4 Å². The van der Waals surface area contributed by atoms with Crippen LogP contribution in [-0.4, -0.2) is 65.3 Å². The van der Waals surface area contributed by atoms with Crippen molar-refractivity contribution in [2.45, 2.75) is 26.2 Å². The van der Waals surface area contributed by atoms with Gasteiger partial charge in [0.25, 0.3) is 5.91 Å². The molecule has 1 aromatic carbocycles. The molecule has 1 aliphatic heterocycles. The molecular weight excluding hydrogens is 366 g/mol. The second-order valence-corrected chi connectivity index (χ2v) is 9.28. The third kappa shape index (κ3) is 7.38. The molecule has 1 unspecified atom stereocenters. The number of amides is 1. The molecule has 1 aliphatic rings. The summed E-state index contributed by atoms with van der Waals surface area (Å²) in [7, 11) is -1.80. The lowest BCUT2D eigenvalue weighted by Gasteiger charge is -2.30. The minimum Gasteiger partial charge on any atom is -0.484 e. The lowest BCUT2D eigenvalue weighted by Crippen LogP contribution is -2.37. The fourth-order valence-electron chi connectivity index (χ4n) is 3.16. The van der Waals surface area contributed by atoms with Crippen LogP contribution in [0.15, 0.2) is 24.3 Å². The number of likely N-dealkylation sites (tertiary alicyclic amines) is 1. The second-order valence-electron chi connectivity index (χ2n) is 7.26. The predicted molar refractivity (Wildman–Crippen MR) is 108 cm³/mol. The van der Waals surface area contributed by atoms with Crippen molar-refractivity contribution in [3.63, 3.8) is 0 Å². The van der Waals surface area contributed by atoms with Crippen molar-refractivity contribution >= 4 is 21.6 Å². The minimum absolute atomic E-state index is 0.0536. The molecule has 1 aromatic rings. The van der Waals surface area contributed by atoms with Crippen molar-refractivity contribution in [3.05, 3.63) is 24.3 Å². The predicted octanol–water partition coefficient (Wildman–Crippen LogP) is 1.70. The maximum Gasteiger partial charge on any atom is 0.257 e. The summed E-state index contributed by atoms with van der Waals surface area (Å²) in [6, 6.07) is 6.60. The van der Waals surface area contributed by atoms with Gasteiger partial charge in [0.2, 0.25) is 10.0 Å². The summed E-state index contributed by atoms with van der Waals surface area (Å²) in [6.45, 7) is 6.21. The molecule has 152 valence electrons. The van der Waals surface area contributed by atoms with Crippen LogP contribution >= 0.6 is 0 Å². The lowest BCUT2D eigenvalue weighted by molar-refractivity contribution is -0.123. The van der Waals surface area contributed by atoms with Gasteiger partial charge in [-0.2, -0.15) is 0 Å². The summed E-state index contributed by atoms with van der Waals surface area (Å²) in [5, 5.41) is 2.88. The molecule has 2 rings (SSSR count). The monoisotopic (exact) mass is 397 g/mol. The summed E-state index contributed by atoms with van der Waals surface area (Å²) in [5.41, 5.74) is 0.543. The first kappa shape index (κ1) is 21.5. The highest BCUT2D eigenvalue weighted by atomic mass is 32.2. The summed E-state index contributed by atoms with van der Waals surface area (Å²) in [6.07, 6.45) is 4.66. The molecule has 8 heteroatoms. The van der Waals surface area contributed by atoms with Gasteiger partial charge in [-0.1, -0.05) is 6.92 Å². The lowest BCUT2D eigenvalue weighted by atomic mass is 10.0. The van der Waals surface area contributed by atoms with Crippen LogP contribution in [0.2, 0.25) is 0 Å². The Balaban J connectivity index is 1.65. The molecule has 0 radical (unpaired) electrons. The van der Waals surface area contributed by atoms with E-state index in [9.17, 15) is 13.2 Å². The number of nitrogens with zero attached hydrogens (tertiary/aromatic N) is 2. The molecule has 1 heterocycles. The molecular formula is C19H31N3O4S. The highest BCUT2D eigenvalue weighted by Crippen LogP contribution is 2.20. The Morgan fingerprint density at radius 3 is 2.67 bits per heavy atom. The van der Waals surface area contributed by atoms with Crippen LogP contribution in [0.1, 0.15) is 26.2 Å². The van der Waals surface area contributed by atoms with Crippen molar-refractivity contribution in [3.8, 4) is 5.75 Å². The van der Waals surface area contributed by atoms with Crippen molar-refractivity contribution < 1.29 is 17.9 Å². The Bertz CT molecular complexity index is 706. The van der Waals surface area contributed by atoms with Gasteiger partial charge in [-0.05, 0) is 62.5 Å². The topological polar surface area (TPSA) is 79.0 Å². The second kappa shape index (κ2) is 9.94. The Morgan fingerprint density at radius 1 is 1.33 bits per heavy atom. The van der Waals surface area contributed by atoms with E-state index in [2.05, 4.69) is 17.1 Å². The Morgan fingerprint density at radius 2 is 2.04 bits per heavy atom. The number of piperidine rings is 1. The number of hydrogen-bond acceptors (Lipinski definition) is 5. The maximum atomic E-state index is 11.9. The van der Waals surface area contributed by atoms with E-state index in [1.165, 1.54) is 24.2 Å². The van der Waals surface area contributed by atoms with Gasteiger partial charge in [0.15, 0.2) is 6.61 Å². The SMILES string of the molecule is CC1CCCN(CCCNC(=O)COc2ccc(N(C)S(C)(=O)=O)cc2)C1. The molecule has 27 heavy (non-hydrogen) atoms. The van der Waals surface area contributed by atoms with E-state index in [4.69, 9.17) is 4.74 Å². The number of hydrogen-bond donors (Lipinski definition) is 1. The highest BCUT2D eigenvalue weighted by molar-refractivity contribution is 7.92. The van der Waals surface area contributed by atoms with E-state index in [1.54, 1.807) is 24.3 Å². The average molecular weight is 398 g/mol. The molecule has 0 aromatic heterocycles. The number of carbonyl (C=O) groups excluding carboxylic acids is 1. The normalized spacial score (nSPS) is 18.1. The third-order valence-electron chi connectivity index (χ3n) is 4.78. The molecule has 1 saturated heterocycles. The molecule has 1 fully saturated rings. The number of nitrogens with one attached hydrogen (secondary N) is 1. The van der Waals surface area contributed by atoms with Crippen LogP contribution in [0.5, 0.6) is 5.75 Å². The van der Waals surface area contributed by atoms with Crippen molar-refractivity contribution in [1.29, 1.82) is 0 Å².